The number of methoxy groups -OCH3 is 1. The Morgan fingerprint density at radius 3 is 2.84 bits per heavy atom. The number of aryl methyl sites for hydroxylation is 1. The Balaban J connectivity index is 1.79. The van der Waals surface area contributed by atoms with Crippen LogP contribution in [-0.4, -0.2) is 36.5 Å². The molecule has 0 radical (unpaired) electrons. The van der Waals surface area contributed by atoms with Crippen LogP contribution in [0.4, 0.5) is 5.82 Å². The van der Waals surface area contributed by atoms with Crippen LogP contribution in [0.2, 0.25) is 0 Å². The van der Waals surface area contributed by atoms with Gasteiger partial charge in [0.1, 0.15) is 0 Å². The highest BCUT2D eigenvalue weighted by atomic mass is 16.5. The van der Waals surface area contributed by atoms with Crippen molar-refractivity contribution < 1.29 is 4.74 Å². The van der Waals surface area contributed by atoms with Crippen LogP contribution >= 0.6 is 0 Å². The van der Waals surface area contributed by atoms with Gasteiger partial charge in [-0.25, -0.2) is 0 Å². The molecule has 104 valence electrons. The first-order chi connectivity index (χ1) is 9.23. The van der Waals surface area contributed by atoms with Crippen molar-refractivity contribution in [2.45, 2.75) is 45.1 Å². The largest absolute Gasteiger partial charge is 0.381 e. The summed E-state index contributed by atoms with van der Waals surface area (Å²) in [6.45, 7) is 4.14. The minimum absolute atomic E-state index is 0.347. The fourth-order valence-corrected chi connectivity index (χ4v) is 3.86. The molecule has 2 aliphatic rings. The maximum absolute atomic E-state index is 5.75. The van der Waals surface area contributed by atoms with E-state index in [1.54, 1.807) is 0 Å². The molecule has 1 aliphatic heterocycles. The average Bonchev–Trinajstić information content (AvgIpc) is 2.82. The van der Waals surface area contributed by atoms with E-state index in [-0.39, 0.29) is 0 Å². The molecule has 1 saturated heterocycles. The van der Waals surface area contributed by atoms with Gasteiger partial charge in [0.2, 0.25) is 0 Å². The van der Waals surface area contributed by atoms with Crippen molar-refractivity contribution in [2.24, 2.45) is 5.41 Å². The zero-order chi connectivity index (χ0) is 13.3. The number of piperidine rings is 1. The maximum atomic E-state index is 5.75. The first-order valence-corrected chi connectivity index (χ1v) is 7.32. The molecule has 0 N–H and O–H groups in total. The Kier molecular flexibility index (Phi) is 3.44. The van der Waals surface area contributed by atoms with Crippen LogP contribution in [0.15, 0.2) is 12.1 Å². The van der Waals surface area contributed by atoms with Crippen molar-refractivity contribution in [2.75, 3.05) is 25.1 Å². The molecular weight excluding hydrogens is 238 g/mol. The minimum atomic E-state index is 0.347. The first-order valence-electron chi connectivity index (χ1n) is 7.32. The lowest BCUT2D eigenvalue weighted by molar-refractivity contribution is 0.00214. The second-order valence-electron chi connectivity index (χ2n) is 6.04. The fraction of sp³-hybridized carbons (Fsp3) is 0.733. The normalized spacial score (nSPS) is 31.1. The van der Waals surface area contributed by atoms with Crippen molar-refractivity contribution in [3.05, 3.63) is 17.8 Å². The van der Waals surface area contributed by atoms with Gasteiger partial charge < -0.3 is 9.64 Å². The lowest BCUT2D eigenvalue weighted by Gasteiger charge is -2.44. The molecule has 2 heterocycles. The number of aromatic nitrogens is 2. The highest BCUT2D eigenvalue weighted by Crippen LogP contribution is 2.46. The Bertz CT molecular complexity index is 434. The summed E-state index contributed by atoms with van der Waals surface area (Å²) < 4.78 is 5.75. The zero-order valence-electron chi connectivity index (χ0n) is 11.9. The van der Waals surface area contributed by atoms with E-state index in [9.17, 15) is 0 Å². The van der Waals surface area contributed by atoms with Crippen LogP contribution in [0.3, 0.4) is 0 Å². The van der Waals surface area contributed by atoms with Gasteiger partial charge in [0.25, 0.3) is 0 Å². The molecule has 3 rings (SSSR count). The maximum Gasteiger partial charge on any atom is 0.151 e. The van der Waals surface area contributed by atoms with Crippen molar-refractivity contribution >= 4 is 5.82 Å². The summed E-state index contributed by atoms with van der Waals surface area (Å²) in [5, 5.41) is 8.53. The summed E-state index contributed by atoms with van der Waals surface area (Å²) >= 11 is 0. The summed E-state index contributed by atoms with van der Waals surface area (Å²) in [5.74, 6) is 1.02. The van der Waals surface area contributed by atoms with E-state index in [0.29, 0.717) is 11.5 Å². The van der Waals surface area contributed by atoms with Gasteiger partial charge in [-0.15, -0.1) is 5.10 Å². The van der Waals surface area contributed by atoms with E-state index in [2.05, 4.69) is 21.2 Å². The average molecular weight is 261 g/mol. The highest BCUT2D eigenvalue weighted by molar-refractivity contribution is 5.38. The van der Waals surface area contributed by atoms with E-state index in [1.165, 1.54) is 32.1 Å². The Hall–Kier alpha value is -1.16. The van der Waals surface area contributed by atoms with E-state index >= 15 is 0 Å². The molecule has 1 aromatic rings. The second-order valence-corrected chi connectivity index (χ2v) is 6.04. The van der Waals surface area contributed by atoms with Crippen molar-refractivity contribution in [1.82, 2.24) is 10.2 Å². The van der Waals surface area contributed by atoms with Gasteiger partial charge in [-0.2, -0.15) is 5.10 Å². The number of ether oxygens (including phenoxy) is 1. The molecule has 19 heavy (non-hydrogen) atoms. The molecule has 0 aromatic carbocycles. The third-order valence-corrected chi connectivity index (χ3v) is 4.82. The van der Waals surface area contributed by atoms with Gasteiger partial charge in [0.15, 0.2) is 5.82 Å². The van der Waals surface area contributed by atoms with Crippen LogP contribution < -0.4 is 4.90 Å². The van der Waals surface area contributed by atoms with Crippen LogP contribution in [0, 0.1) is 12.3 Å². The number of anilines is 1. The lowest BCUT2D eigenvalue weighted by atomic mass is 9.76. The quantitative estimate of drug-likeness (QED) is 0.820. The third-order valence-electron chi connectivity index (χ3n) is 4.82. The summed E-state index contributed by atoms with van der Waals surface area (Å²) in [6.07, 6.45) is 6.75. The van der Waals surface area contributed by atoms with Crippen LogP contribution in [0.25, 0.3) is 0 Å². The Morgan fingerprint density at radius 1 is 1.26 bits per heavy atom. The second kappa shape index (κ2) is 5.08. The predicted octanol–water partition coefficient (Wildman–Crippen LogP) is 2.57. The number of nitrogens with zero attached hydrogens (tertiary/aromatic N) is 3. The van der Waals surface area contributed by atoms with Crippen LogP contribution in [-0.2, 0) is 4.74 Å². The zero-order valence-corrected chi connectivity index (χ0v) is 11.9. The highest BCUT2D eigenvalue weighted by Gasteiger charge is 2.46. The van der Waals surface area contributed by atoms with E-state index in [0.717, 1.165) is 24.6 Å². The van der Waals surface area contributed by atoms with Gasteiger partial charge in [-0.3, -0.25) is 0 Å². The molecule has 1 aliphatic carbocycles. The van der Waals surface area contributed by atoms with Crippen molar-refractivity contribution in [3.8, 4) is 0 Å². The third kappa shape index (κ3) is 2.34. The van der Waals surface area contributed by atoms with E-state index in [1.807, 2.05) is 20.1 Å². The molecule has 1 spiro atoms. The lowest BCUT2D eigenvalue weighted by Crippen LogP contribution is -2.48. The monoisotopic (exact) mass is 261 g/mol. The number of hydrogen-bond donors (Lipinski definition) is 0. The van der Waals surface area contributed by atoms with Gasteiger partial charge in [-0.05, 0) is 44.7 Å². The van der Waals surface area contributed by atoms with Gasteiger partial charge >= 0.3 is 0 Å². The summed E-state index contributed by atoms with van der Waals surface area (Å²) in [7, 11) is 1.86. The van der Waals surface area contributed by atoms with Crippen LogP contribution in [0.5, 0.6) is 0 Å². The molecule has 0 amide bonds. The molecular formula is C15H23N3O. The molecule has 0 unspecified atom stereocenters. The molecule has 2 fully saturated rings. The van der Waals surface area contributed by atoms with Gasteiger partial charge in [0.05, 0.1) is 11.8 Å². The Labute approximate surface area is 115 Å². The summed E-state index contributed by atoms with van der Waals surface area (Å²) in [6, 6.07) is 4.14. The van der Waals surface area contributed by atoms with E-state index in [4.69, 9.17) is 4.74 Å². The van der Waals surface area contributed by atoms with E-state index < -0.39 is 0 Å². The van der Waals surface area contributed by atoms with Crippen LogP contribution in [0.1, 0.15) is 37.8 Å². The standard InChI is InChI=1S/C15H23N3O/c1-12-6-7-14(17-16-12)18-10-4-9-15(11-18)8-3-5-13(15)19-2/h6-7,13H,3-5,8-11H2,1-2H3/t13-,15+/m1/s1. The summed E-state index contributed by atoms with van der Waals surface area (Å²) in [4.78, 5) is 2.40. The summed E-state index contributed by atoms with van der Waals surface area (Å²) in [5.41, 5.74) is 1.32. The Morgan fingerprint density at radius 2 is 2.11 bits per heavy atom. The molecule has 1 aromatic heterocycles. The predicted molar refractivity (Wildman–Crippen MR) is 75.3 cm³/mol. The van der Waals surface area contributed by atoms with Gasteiger partial charge in [0, 0.05) is 25.6 Å². The van der Waals surface area contributed by atoms with Crippen molar-refractivity contribution in [3.63, 3.8) is 0 Å². The molecule has 1 saturated carbocycles. The van der Waals surface area contributed by atoms with Gasteiger partial charge in [-0.1, -0.05) is 6.42 Å². The molecule has 4 heteroatoms. The SMILES string of the molecule is CO[C@@H]1CCC[C@@]12CCCN(c1ccc(C)nn1)C2. The molecule has 2 atom stereocenters. The first kappa shape index (κ1) is 12.9. The minimum Gasteiger partial charge on any atom is -0.381 e. The fourth-order valence-electron chi connectivity index (χ4n) is 3.86. The molecule has 4 nitrogen and oxygen atoms in total. The molecule has 0 bridgehead atoms. The topological polar surface area (TPSA) is 38.2 Å². The van der Waals surface area contributed by atoms with Crippen molar-refractivity contribution in [1.29, 1.82) is 0 Å². The number of hydrogen-bond acceptors (Lipinski definition) is 4. The smallest absolute Gasteiger partial charge is 0.151 e. The number of rotatable bonds is 2.